The Kier molecular flexibility index (Phi) is 6.12. The lowest BCUT2D eigenvalue weighted by molar-refractivity contribution is 0.0949. The molecule has 0 radical (unpaired) electrons. The molecule has 1 rings (SSSR count). The molecule has 0 bridgehead atoms. The van der Waals surface area contributed by atoms with E-state index in [-0.39, 0.29) is 10.4 Å². The highest BCUT2D eigenvalue weighted by atomic mass is 79.9. The van der Waals surface area contributed by atoms with E-state index in [0.29, 0.717) is 11.0 Å². The minimum absolute atomic E-state index is 0.0590. The van der Waals surface area contributed by atoms with E-state index in [9.17, 15) is 9.18 Å². The summed E-state index contributed by atoms with van der Waals surface area (Å²) in [6.07, 6.45) is 2.01. The molecular weight excluding hydrogens is 353 g/mol. The van der Waals surface area contributed by atoms with Crippen LogP contribution >= 0.6 is 31.9 Å². The second kappa shape index (κ2) is 7.11. The van der Waals surface area contributed by atoms with Crippen LogP contribution in [0.3, 0.4) is 0 Å². The minimum Gasteiger partial charge on any atom is -0.351 e. The van der Waals surface area contributed by atoms with Gasteiger partial charge in [0, 0.05) is 15.8 Å². The number of rotatable bonds is 5. The third kappa shape index (κ3) is 4.39. The summed E-state index contributed by atoms with van der Waals surface area (Å²) in [5, 5.41) is 2.71. The highest BCUT2D eigenvalue weighted by Gasteiger charge is 2.15. The van der Waals surface area contributed by atoms with Crippen molar-refractivity contribution in [3.8, 4) is 0 Å². The number of carbonyl (C=O) groups is 1. The first-order valence-electron chi connectivity index (χ1n) is 5.42. The van der Waals surface area contributed by atoms with Gasteiger partial charge < -0.3 is 5.32 Å². The molecule has 94 valence electrons. The second-order valence-corrected chi connectivity index (χ2v) is 5.84. The van der Waals surface area contributed by atoms with Gasteiger partial charge in [0.25, 0.3) is 5.91 Å². The number of hydrogen-bond donors (Lipinski definition) is 1. The van der Waals surface area contributed by atoms with Gasteiger partial charge in [-0.05, 0) is 34.5 Å². The Morgan fingerprint density at radius 3 is 2.82 bits per heavy atom. The van der Waals surface area contributed by atoms with Gasteiger partial charge >= 0.3 is 0 Å². The second-order valence-electron chi connectivity index (χ2n) is 3.69. The average Bonchev–Trinajstić information content (AvgIpc) is 2.26. The third-order valence-corrected chi connectivity index (χ3v) is 3.72. The summed E-state index contributed by atoms with van der Waals surface area (Å²) in [5.41, 5.74) is 0.0590. The lowest BCUT2D eigenvalue weighted by Gasteiger charge is -2.11. The molecule has 0 aliphatic rings. The predicted octanol–water partition coefficient (Wildman–Crippen LogP) is 3.88. The van der Waals surface area contributed by atoms with Gasteiger partial charge in [-0.3, -0.25) is 4.79 Å². The normalized spacial score (nSPS) is 12.2. The average molecular weight is 367 g/mol. The van der Waals surface area contributed by atoms with Crippen LogP contribution in [0.4, 0.5) is 4.39 Å². The quantitative estimate of drug-likeness (QED) is 0.787. The summed E-state index contributed by atoms with van der Waals surface area (Å²) in [7, 11) is 0. The zero-order chi connectivity index (χ0) is 12.8. The standard InChI is InChI=1S/C12H14Br2FNO/c1-2-4-8(13)7-16-12(17)11-9(14)5-3-6-10(11)15/h3,5-6,8H,2,4,7H2,1H3,(H,16,17). The van der Waals surface area contributed by atoms with Gasteiger partial charge in [0.1, 0.15) is 5.82 Å². The Bertz CT molecular complexity index is 378. The largest absolute Gasteiger partial charge is 0.351 e. The summed E-state index contributed by atoms with van der Waals surface area (Å²) < 4.78 is 13.9. The van der Waals surface area contributed by atoms with Gasteiger partial charge in [0.05, 0.1) is 5.56 Å². The van der Waals surface area contributed by atoms with Gasteiger partial charge in [-0.2, -0.15) is 0 Å². The van der Waals surface area contributed by atoms with E-state index in [4.69, 9.17) is 0 Å². The number of amides is 1. The lowest BCUT2D eigenvalue weighted by Crippen LogP contribution is -2.30. The van der Waals surface area contributed by atoms with Gasteiger partial charge in [-0.1, -0.05) is 35.3 Å². The molecule has 0 aliphatic heterocycles. The summed E-state index contributed by atoms with van der Waals surface area (Å²) in [5.74, 6) is -0.908. The van der Waals surface area contributed by atoms with Gasteiger partial charge in [-0.15, -0.1) is 0 Å². The van der Waals surface area contributed by atoms with Crippen LogP contribution in [0, 0.1) is 5.82 Å². The third-order valence-electron chi connectivity index (χ3n) is 2.28. The molecule has 0 heterocycles. The molecule has 1 aromatic rings. The first kappa shape index (κ1) is 14.6. The van der Waals surface area contributed by atoms with Gasteiger partial charge in [-0.25, -0.2) is 4.39 Å². The Morgan fingerprint density at radius 1 is 1.53 bits per heavy atom. The van der Waals surface area contributed by atoms with Crippen molar-refractivity contribution in [1.82, 2.24) is 5.32 Å². The maximum absolute atomic E-state index is 13.5. The molecule has 1 unspecified atom stereocenters. The van der Waals surface area contributed by atoms with E-state index in [1.807, 2.05) is 0 Å². The molecule has 1 N–H and O–H groups in total. The van der Waals surface area contributed by atoms with E-state index in [2.05, 4.69) is 44.1 Å². The van der Waals surface area contributed by atoms with Gasteiger partial charge in [0.2, 0.25) is 0 Å². The lowest BCUT2D eigenvalue weighted by atomic mass is 10.2. The molecule has 2 nitrogen and oxygen atoms in total. The monoisotopic (exact) mass is 365 g/mol. The zero-order valence-electron chi connectivity index (χ0n) is 9.47. The summed E-state index contributed by atoms with van der Waals surface area (Å²) >= 11 is 6.63. The van der Waals surface area contributed by atoms with Crippen LogP contribution in [-0.4, -0.2) is 17.3 Å². The fourth-order valence-electron chi connectivity index (χ4n) is 1.42. The van der Waals surface area contributed by atoms with Crippen molar-refractivity contribution in [2.45, 2.75) is 24.6 Å². The van der Waals surface area contributed by atoms with Crippen LogP contribution in [0.1, 0.15) is 30.1 Å². The van der Waals surface area contributed by atoms with Gasteiger partial charge in [0.15, 0.2) is 0 Å². The van der Waals surface area contributed by atoms with Crippen LogP contribution in [0.2, 0.25) is 0 Å². The molecule has 0 fully saturated rings. The van der Waals surface area contributed by atoms with Crippen molar-refractivity contribution < 1.29 is 9.18 Å². The molecule has 0 spiro atoms. The van der Waals surface area contributed by atoms with E-state index < -0.39 is 11.7 Å². The number of hydrogen-bond acceptors (Lipinski definition) is 1. The maximum atomic E-state index is 13.5. The van der Waals surface area contributed by atoms with Crippen molar-refractivity contribution in [2.24, 2.45) is 0 Å². The van der Waals surface area contributed by atoms with Crippen LogP contribution in [0.15, 0.2) is 22.7 Å². The maximum Gasteiger partial charge on any atom is 0.255 e. The number of benzene rings is 1. The van der Waals surface area contributed by atoms with Crippen LogP contribution in [0.25, 0.3) is 0 Å². The van der Waals surface area contributed by atoms with E-state index in [1.54, 1.807) is 12.1 Å². The number of alkyl halides is 1. The molecule has 1 atom stereocenters. The minimum atomic E-state index is -0.515. The van der Waals surface area contributed by atoms with Crippen LogP contribution in [-0.2, 0) is 0 Å². The Labute approximate surface area is 117 Å². The number of carbonyl (C=O) groups excluding carboxylic acids is 1. The number of nitrogens with one attached hydrogen (secondary N) is 1. The highest BCUT2D eigenvalue weighted by Crippen LogP contribution is 2.19. The molecule has 1 aromatic carbocycles. The fourth-order valence-corrected chi connectivity index (χ4v) is 2.56. The van der Waals surface area contributed by atoms with Crippen molar-refractivity contribution in [2.75, 3.05) is 6.54 Å². The predicted molar refractivity (Wildman–Crippen MR) is 74.1 cm³/mol. The molecule has 0 aliphatic carbocycles. The van der Waals surface area contributed by atoms with Crippen molar-refractivity contribution >= 4 is 37.8 Å². The van der Waals surface area contributed by atoms with E-state index in [1.165, 1.54) is 6.07 Å². The molecule has 0 saturated carbocycles. The van der Waals surface area contributed by atoms with E-state index in [0.717, 1.165) is 12.8 Å². The van der Waals surface area contributed by atoms with Crippen molar-refractivity contribution in [3.63, 3.8) is 0 Å². The topological polar surface area (TPSA) is 29.1 Å². The smallest absolute Gasteiger partial charge is 0.255 e. The van der Waals surface area contributed by atoms with Crippen molar-refractivity contribution in [1.29, 1.82) is 0 Å². The Balaban J connectivity index is 2.64. The molecule has 0 aromatic heterocycles. The zero-order valence-corrected chi connectivity index (χ0v) is 12.6. The Morgan fingerprint density at radius 2 is 2.24 bits per heavy atom. The summed E-state index contributed by atoms with van der Waals surface area (Å²) in [4.78, 5) is 12.0. The first-order chi connectivity index (χ1) is 8.06. The molecule has 0 saturated heterocycles. The Hall–Kier alpha value is -0.420. The molecule has 1 amide bonds. The van der Waals surface area contributed by atoms with Crippen LogP contribution in [0.5, 0.6) is 0 Å². The number of halogens is 3. The summed E-state index contributed by atoms with van der Waals surface area (Å²) in [6.45, 7) is 2.57. The molecular formula is C12H14Br2FNO. The molecule has 5 heteroatoms. The van der Waals surface area contributed by atoms with E-state index >= 15 is 0 Å². The van der Waals surface area contributed by atoms with Crippen LogP contribution < -0.4 is 5.32 Å². The van der Waals surface area contributed by atoms with Crippen molar-refractivity contribution in [3.05, 3.63) is 34.1 Å². The molecule has 17 heavy (non-hydrogen) atoms. The SMILES string of the molecule is CCCC(Br)CNC(=O)c1c(F)cccc1Br. The summed E-state index contributed by atoms with van der Waals surface area (Å²) in [6, 6.07) is 4.48. The fraction of sp³-hybridized carbons (Fsp3) is 0.417. The highest BCUT2D eigenvalue weighted by molar-refractivity contribution is 9.10. The first-order valence-corrected chi connectivity index (χ1v) is 7.13.